The normalized spacial score (nSPS) is 10.5. The molecule has 0 aliphatic rings. The van der Waals surface area contributed by atoms with Crippen molar-refractivity contribution in [2.45, 2.75) is 20.8 Å². The molecule has 0 aliphatic heterocycles. The number of rotatable bonds is 7. The molecule has 2 aromatic carbocycles. The second kappa shape index (κ2) is 8.41. The van der Waals surface area contributed by atoms with Gasteiger partial charge in [-0.15, -0.1) is 0 Å². The van der Waals surface area contributed by atoms with Gasteiger partial charge in [-0.25, -0.2) is 0 Å². The molecule has 2 aromatic rings. The summed E-state index contributed by atoms with van der Waals surface area (Å²) >= 11 is 0. The highest BCUT2D eigenvalue weighted by Crippen LogP contribution is 2.17. The van der Waals surface area contributed by atoms with Crippen molar-refractivity contribution in [3.63, 3.8) is 0 Å². The Bertz CT molecular complexity index is 738. The molecule has 0 aromatic heterocycles. The summed E-state index contributed by atoms with van der Waals surface area (Å²) in [6.07, 6.45) is 0. The van der Waals surface area contributed by atoms with Crippen LogP contribution in [-0.4, -0.2) is 31.3 Å². The van der Waals surface area contributed by atoms with Gasteiger partial charge in [0, 0.05) is 24.2 Å². The van der Waals surface area contributed by atoms with Crippen LogP contribution in [0.2, 0.25) is 0 Å². The van der Waals surface area contributed by atoms with Crippen molar-refractivity contribution < 1.29 is 9.59 Å². The van der Waals surface area contributed by atoms with Crippen LogP contribution in [0.15, 0.2) is 42.5 Å². The van der Waals surface area contributed by atoms with Gasteiger partial charge in [0.2, 0.25) is 0 Å². The second-order valence-corrected chi connectivity index (χ2v) is 5.78. The molecule has 0 spiro atoms. The van der Waals surface area contributed by atoms with Crippen molar-refractivity contribution in [1.29, 1.82) is 0 Å². The number of carbonyl (C=O) groups is 2. The van der Waals surface area contributed by atoms with Gasteiger partial charge in [0.25, 0.3) is 5.91 Å². The van der Waals surface area contributed by atoms with E-state index in [1.165, 1.54) is 0 Å². The lowest BCUT2D eigenvalue weighted by Gasteiger charge is -2.11. The van der Waals surface area contributed by atoms with E-state index < -0.39 is 0 Å². The number of hydrogen-bond acceptors (Lipinski definition) is 3. The third kappa shape index (κ3) is 4.30. The van der Waals surface area contributed by atoms with E-state index in [9.17, 15) is 9.59 Å². The first-order valence-electron chi connectivity index (χ1n) is 8.24. The molecule has 4 heteroatoms. The van der Waals surface area contributed by atoms with Gasteiger partial charge >= 0.3 is 0 Å². The minimum Gasteiger partial charge on any atom is -0.351 e. The van der Waals surface area contributed by atoms with Crippen LogP contribution in [0.1, 0.15) is 44.3 Å². The Morgan fingerprint density at radius 1 is 0.917 bits per heavy atom. The van der Waals surface area contributed by atoms with Crippen LogP contribution in [-0.2, 0) is 0 Å². The summed E-state index contributed by atoms with van der Waals surface area (Å²) < 4.78 is 0. The van der Waals surface area contributed by atoms with Crippen molar-refractivity contribution in [3.8, 4) is 0 Å². The number of benzene rings is 2. The molecule has 1 amide bonds. The monoisotopic (exact) mass is 324 g/mol. The Hall–Kier alpha value is -2.46. The van der Waals surface area contributed by atoms with Crippen molar-refractivity contribution >= 4 is 11.7 Å². The van der Waals surface area contributed by atoms with Gasteiger partial charge in [-0.05, 0) is 43.7 Å². The Morgan fingerprint density at radius 2 is 1.62 bits per heavy atom. The molecule has 0 fully saturated rings. The molecule has 0 unspecified atom stereocenters. The first-order valence-corrected chi connectivity index (χ1v) is 8.24. The lowest BCUT2D eigenvalue weighted by molar-refractivity contribution is 0.0942. The highest BCUT2D eigenvalue weighted by molar-refractivity contribution is 6.15. The second-order valence-electron chi connectivity index (χ2n) is 5.78. The predicted octanol–water partition coefficient (Wildman–Crippen LogP) is 2.87. The molecule has 2 rings (SSSR count). The molecule has 0 saturated carbocycles. The average molecular weight is 324 g/mol. The third-order valence-corrected chi connectivity index (χ3v) is 4.02. The van der Waals surface area contributed by atoms with E-state index in [4.69, 9.17) is 0 Å². The number of likely N-dealkylation sites (N-methyl/N-ethyl adjacent to an activating group) is 1. The summed E-state index contributed by atoms with van der Waals surface area (Å²) in [6.45, 7) is 8.09. The van der Waals surface area contributed by atoms with Crippen molar-refractivity contribution in [2.24, 2.45) is 0 Å². The van der Waals surface area contributed by atoms with Gasteiger partial charge in [-0.2, -0.15) is 0 Å². The SMILES string of the molecule is CCNCCNC(=O)c1ccccc1C(=O)c1ccc(C)c(C)c1. The fourth-order valence-electron chi connectivity index (χ4n) is 2.45. The number of amides is 1. The topological polar surface area (TPSA) is 58.2 Å². The van der Waals surface area contributed by atoms with Gasteiger partial charge in [0.15, 0.2) is 5.78 Å². The zero-order chi connectivity index (χ0) is 17.5. The smallest absolute Gasteiger partial charge is 0.252 e. The van der Waals surface area contributed by atoms with Crippen LogP contribution in [0.25, 0.3) is 0 Å². The fourth-order valence-corrected chi connectivity index (χ4v) is 2.45. The molecule has 24 heavy (non-hydrogen) atoms. The van der Waals surface area contributed by atoms with E-state index in [1.54, 1.807) is 24.3 Å². The standard InChI is InChI=1S/C20H24N2O2/c1-4-21-11-12-22-20(24)18-8-6-5-7-17(18)19(23)16-10-9-14(2)15(3)13-16/h5-10,13,21H,4,11-12H2,1-3H3,(H,22,24). The van der Waals surface area contributed by atoms with Gasteiger partial charge < -0.3 is 10.6 Å². The lowest BCUT2D eigenvalue weighted by atomic mass is 9.95. The molecule has 0 bridgehead atoms. The molecule has 0 saturated heterocycles. The van der Waals surface area contributed by atoms with Crippen LogP contribution < -0.4 is 10.6 Å². The summed E-state index contributed by atoms with van der Waals surface area (Å²) in [5, 5.41) is 6.00. The van der Waals surface area contributed by atoms with E-state index in [2.05, 4.69) is 10.6 Å². The van der Waals surface area contributed by atoms with Crippen LogP contribution >= 0.6 is 0 Å². The van der Waals surface area contributed by atoms with Crippen LogP contribution in [0, 0.1) is 13.8 Å². The fraction of sp³-hybridized carbons (Fsp3) is 0.300. The van der Waals surface area contributed by atoms with Crippen LogP contribution in [0.5, 0.6) is 0 Å². The molecule has 0 radical (unpaired) electrons. The predicted molar refractivity (Wildman–Crippen MR) is 96.7 cm³/mol. The molecule has 126 valence electrons. The van der Waals surface area contributed by atoms with Gasteiger partial charge in [-0.1, -0.05) is 37.3 Å². The van der Waals surface area contributed by atoms with E-state index in [-0.39, 0.29) is 11.7 Å². The maximum absolute atomic E-state index is 12.8. The van der Waals surface area contributed by atoms with Gasteiger partial charge in [0.1, 0.15) is 0 Å². The van der Waals surface area contributed by atoms with Crippen molar-refractivity contribution in [2.75, 3.05) is 19.6 Å². The van der Waals surface area contributed by atoms with Gasteiger partial charge in [-0.3, -0.25) is 9.59 Å². The minimum absolute atomic E-state index is 0.129. The first-order chi connectivity index (χ1) is 11.5. The maximum atomic E-state index is 12.8. The van der Waals surface area contributed by atoms with Gasteiger partial charge in [0.05, 0.1) is 5.56 Å². The van der Waals surface area contributed by atoms with E-state index in [0.717, 1.165) is 17.7 Å². The number of hydrogen-bond donors (Lipinski definition) is 2. The number of ketones is 1. The third-order valence-electron chi connectivity index (χ3n) is 4.02. The van der Waals surface area contributed by atoms with E-state index in [1.807, 2.05) is 39.0 Å². The van der Waals surface area contributed by atoms with Crippen LogP contribution in [0.3, 0.4) is 0 Å². The number of carbonyl (C=O) groups excluding carboxylic acids is 2. The Kier molecular flexibility index (Phi) is 6.27. The quantitative estimate of drug-likeness (QED) is 0.608. The van der Waals surface area contributed by atoms with Crippen molar-refractivity contribution in [1.82, 2.24) is 10.6 Å². The molecular formula is C20H24N2O2. The summed E-state index contributed by atoms with van der Waals surface area (Å²) in [7, 11) is 0. The van der Waals surface area contributed by atoms with E-state index in [0.29, 0.717) is 29.8 Å². The van der Waals surface area contributed by atoms with Crippen LogP contribution in [0.4, 0.5) is 0 Å². The number of aryl methyl sites for hydroxylation is 2. The molecule has 0 heterocycles. The molecule has 0 aliphatic carbocycles. The van der Waals surface area contributed by atoms with Crippen molar-refractivity contribution in [3.05, 3.63) is 70.3 Å². The summed E-state index contributed by atoms with van der Waals surface area (Å²) in [6, 6.07) is 12.6. The largest absolute Gasteiger partial charge is 0.351 e. The zero-order valence-corrected chi connectivity index (χ0v) is 14.5. The lowest BCUT2D eigenvalue weighted by Crippen LogP contribution is -2.32. The molecule has 0 atom stereocenters. The zero-order valence-electron chi connectivity index (χ0n) is 14.5. The minimum atomic E-state index is -0.222. The maximum Gasteiger partial charge on any atom is 0.252 e. The highest BCUT2D eigenvalue weighted by atomic mass is 16.2. The summed E-state index contributed by atoms with van der Waals surface area (Å²) in [5.74, 6) is -0.351. The molecular weight excluding hydrogens is 300 g/mol. The Labute approximate surface area is 143 Å². The summed E-state index contributed by atoms with van der Waals surface area (Å²) in [5.41, 5.74) is 3.65. The Morgan fingerprint density at radius 3 is 2.29 bits per heavy atom. The molecule has 2 N–H and O–H groups in total. The molecule has 4 nitrogen and oxygen atoms in total. The number of nitrogens with one attached hydrogen (secondary N) is 2. The summed E-state index contributed by atoms with van der Waals surface area (Å²) in [4.78, 5) is 25.2. The highest BCUT2D eigenvalue weighted by Gasteiger charge is 2.18. The Balaban J connectivity index is 2.22. The average Bonchev–Trinajstić information content (AvgIpc) is 2.60. The van der Waals surface area contributed by atoms with E-state index >= 15 is 0 Å². The first kappa shape index (κ1) is 17.9.